The zero-order valence-corrected chi connectivity index (χ0v) is 17.4. The second-order valence-corrected chi connectivity index (χ2v) is 8.05. The van der Waals surface area contributed by atoms with Crippen LogP contribution in [0.15, 0.2) is 60.7 Å². The maximum Gasteiger partial charge on any atom is 0.127 e. The Labute approximate surface area is 174 Å². The highest BCUT2D eigenvalue weighted by molar-refractivity contribution is 7.22. The largest absolute Gasteiger partial charge is 0.508 e. The lowest BCUT2D eigenvalue weighted by atomic mass is 10.0. The summed E-state index contributed by atoms with van der Waals surface area (Å²) in [6.07, 6.45) is 0.909. The van der Waals surface area contributed by atoms with Crippen molar-refractivity contribution in [1.29, 1.82) is 0 Å². The number of benzene rings is 2. The molecule has 0 bridgehead atoms. The number of methoxy groups -OCH3 is 1. The first kappa shape index (κ1) is 19.4. The average Bonchev–Trinajstić information content (AvgIpc) is 3.08. The first-order chi connectivity index (χ1) is 14.2. The third-order valence-electron chi connectivity index (χ3n) is 4.90. The van der Waals surface area contributed by atoms with Crippen LogP contribution in [0.1, 0.15) is 12.0 Å². The molecule has 0 amide bonds. The molecule has 0 fully saturated rings. The van der Waals surface area contributed by atoms with Crippen LogP contribution in [0, 0.1) is 6.92 Å². The van der Waals surface area contributed by atoms with Crippen molar-refractivity contribution in [2.24, 2.45) is 0 Å². The number of hydrogen-bond acceptors (Lipinski definition) is 5. The summed E-state index contributed by atoms with van der Waals surface area (Å²) < 4.78 is 6.42. The van der Waals surface area contributed by atoms with Crippen molar-refractivity contribution in [3.63, 3.8) is 0 Å². The van der Waals surface area contributed by atoms with Gasteiger partial charge in [0.25, 0.3) is 0 Å². The summed E-state index contributed by atoms with van der Waals surface area (Å²) >= 11 is 1.80. The van der Waals surface area contributed by atoms with Gasteiger partial charge < -0.3 is 15.2 Å². The smallest absolute Gasteiger partial charge is 0.127 e. The van der Waals surface area contributed by atoms with E-state index in [-0.39, 0.29) is 5.75 Å². The minimum Gasteiger partial charge on any atom is -0.508 e. The molecule has 0 spiro atoms. The van der Waals surface area contributed by atoms with E-state index >= 15 is 0 Å². The van der Waals surface area contributed by atoms with Gasteiger partial charge in [0.15, 0.2) is 0 Å². The topological polar surface area (TPSA) is 54.4 Å². The number of aromatic hydroxyl groups is 1. The summed E-state index contributed by atoms with van der Waals surface area (Å²) in [5.74, 6) is 1.07. The highest BCUT2D eigenvalue weighted by atomic mass is 32.1. The monoisotopic (exact) mass is 404 g/mol. The molecule has 2 N–H and O–H groups in total. The third-order valence-corrected chi connectivity index (χ3v) is 6.23. The van der Waals surface area contributed by atoms with E-state index in [1.807, 2.05) is 12.1 Å². The van der Waals surface area contributed by atoms with E-state index in [9.17, 15) is 5.11 Å². The number of phenolic OH excluding ortho intramolecular Hbond substituents is 1. The molecule has 29 heavy (non-hydrogen) atoms. The fraction of sp³-hybridized carbons (Fsp3) is 0.208. The number of nitrogens with one attached hydrogen (secondary N) is 1. The standard InChI is InChI=1S/C24H24N2O2S/c1-16-20-9-3-4-10-22(20)29-24(16)18-14-21(17-7-5-8-19(27)13-17)26-23(15-18)25-11-6-12-28-2/h3-5,7-10,13-15,27H,6,11-12H2,1-2H3,(H,25,26). The summed E-state index contributed by atoms with van der Waals surface area (Å²) in [7, 11) is 1.71. The zero-order valence-electron chi connectivity index (χ0n) is 16.6. The number of thiophene rings is 1. The van der Waals surface area contributed by atoms with Crippen LogP contribution in [0.2, 0.25) is 0 Å². The number of hydrogen-bond donors (Lipinski definition) is 2. The van der Waals surface area contributed by atoms with Crippen LogP contribution in [0.3, 0.4) is 0 Å². The Kier molecular flexibility index (Phi) is 5.79. The maximum atomic E-state index is 9.91. The van der Waals surface area contributed by atoms with Crippen molar-refractivity contribution < 1.29 is 9.84 Å². The van der Waals surface area contributed by atoms with Gasteiger partial charge in [-0.3, -0.25) is 0 Å². The number of nitrogens with zero attached hydrogens (tertiary/aromatic N) is 1. The molecule has 4 aromatic rings. The van der Waals surface area contributed by atoms with Gasteiger partial charge in [0.1, 0.15) is 11.6 Å². The van der Waals surface area contributed by atoms with Crippen LogP contribution >= 0.6 is 11.3 Å². The molecule has 0 aliphatic rings. The number of aromatic nitrogens is 1. The molecule has 0 saturated heterocycles. The van der Waals surface area contributed by atoms with Crippen LogP contribution in [0.4, 0.5) is 5.82 Å². The van der Waals surface area contributed by atoms with Gasteiger partial charge in [-0.15, -0.1) is 11.3 Å². The van der Waals surface area contributed by atoms with E-state index in [0.717, 1.165) is 35.6 Å². The molecule has 0 atom stereocenters. The van der Waals surface area contributed by atoms with Crippen LogP contribution in [0.25, 0.3) is 31.8 Å². The van der Waals surface area contributed by atoms with Crippen molar-refractivity contribution in [2.75, 3.05) is 25.6 Å². The van der Waals surface area contributed by atoms with Crippen molar-refractivity contribution in [2.45, 2.75) is 13.3 Å². The molecule has 0 radical (unpaired) electrons. The molecule has 148 valence electrons. The molecule has 2 aromatic carbocycles. The summed E-state index contributed by atoms with van der Waals surface area (Å²) in [5, 5.41) is 14.6. The molecule has 2 aromatic heterocycles. The van der Waals surface area contributed by atoms with E-state index in [4.69, 9.17) is 9.72 Å². The minimum absolute atomic E-state index is 0.238. The normalized spacial score (nSPS) is 11.1. The number of rotatable bonds is 7. The van der Waals surface area contributed by atoms with Crippen LogP contribution in [-0.2, 0) is 4.74 Å². The fourth-order valence-corrected chi connectivity index (χ4v) is 4.64. The number of aryl methyl sites for hydroxylation is 1. The summed E-state index contributed by atoms with van der Waals surface area (Å²) in [6, 6.07) is 19.9. The number of phenols is 1. The molecule has 0 saturated carbocycles. The lowest BCUT2D eigenvalue weighted by Crippen LogP contribution is -2.06. The first-order valence-corrected chi connectivity index (χ1v) is 10.5. The second kappa shape index (κ2) is 8.64. The Morgan fingerprint density at radius 1 is 1.03 bits per heavy atom. The molecule has 5 heteroatoms. The van der Waals surface area contributed by atoms with Crippen molar-refractivity contribution >= 4 is 27.2 Å². The van der Waals surface area contributed by atoms with E-state index in [1.54, 1.807) is 30.6 Å². The van der Waals surface area contributed by atoms with Gasteiger partial charge in [-0.05, 0) is 60.2 Å². The zero-order chi connectivity index (χ0) is 20.2. The van der Waals surface area contributed by atoms with Gasteiger partial charge in [-0.2, -0.15) is 0 Å². The highest BCUT2D eigenvalue weighted by Gasteiger charge is 2.13. The number of anilines is 1. The Hall–Kier alpha value is -2.89. The maximum absolute atomic E-state index is 9.91. The summed E-state index contributed by atoms with van der Waals surface area (Å²) in [6.45, 7) is 3.67. The quantitative estimate of drug-likeness (QED) is 0.366. The fourth-order valence-electron chi connectivity index (χ4n) is 3.45. The van der Waals surface area contributed by atoms with Crippen LogP contribution in [0.5, 0.6) is 5.75 Å². The van der Waals surface area contributed by atoms with Gasteiger partial charge in [-0.25, -0.2) is 4.98 Å². The number of ether oxygens (including phenoxy) is 1. The van der Waals surface area contributed by atoms with Gasteiger partial charge in [-0.1, -0.05) is 30.3 Å². The van der Waals surface area contributed by atoms with Crippen molar-refractivity contribution in [3.8, 4) is 27.4 Å². The lowest BCUT2D eigenvalue weighted by Gasteiger charge is -2.11. The lowest BCUT2D eigenvalue weighted by molar-refractivity contribution is 0.198. The van der Waals surface area contributed by atoms with Gasteiger partial charge in [0.2, 0.25) is 0 Å². The predicted octanol–water partition coefficient (Wildman–Crippen LogP) is 6.09. The van der Waals surface area contributed by atoms with Crippen LogP contribution < -0.4 is 5.32 Å². The Morgan fingerprint density at radius 2 is 1.90 bits per heavy atom. The Bertz CT molecular complexity index is 1140. The average molecular weight is 405 g/mol. The van der Waals surface area contributed by atoms with E-state index in [0.29, 0.717) is 6.61 Å². The summed E-state index contributed by atoms with van der Waals surface area (Å²) in [4.78, 5) is 6.04. The number of fused-ring (bicyclic) bond motifs is 1. The SMILES string of the molecule is COCCCNc1cc(-c2sc3ccccc3c2C)cc(-c2cccc(O)c2)n1. The molecular formula is C24H24N2O2S. The number of pyridine rings is 1. The second-order valence-electron chi connectivity index (χ2n) is 7.00. The molecule has 4 rings (SSSR count). The molecule has 0 unspecified atom stereocenters. The van der Waals surface area contributed by atoms with Crippen molar-refractivity contribution in [1.82, 2.24) is 4.98 Å². The van der Waals surface area contributed by atoms with E-state index in [1.165, 1.54) is 20.5 Å². The Balaban J connectivity index is 1.79. The molecule has 0 aliphatic carbocycles. The molecule has 4 nitrogen and oxygen atoms in total. The molecular weight excluding hydrogens is 380 g/mol. The highest BCUT2D eigenvalue weighted by Crippen LogP contribution is 2.40. The predicted molar refractivity (Wildman–Crippen MR) is 122 cm³/mol. The molecule has 0 aliphatic heterocycles. The van der Waals surface area contributed by atoms with Crippen molar-refractivity contribution in [3.05, 3.63) is 66.2 Å². The van der Waals surface area contributed by atoms with E-state index < -0.39 is 0 Å². The van der Waals surface area contributed by atoms with Gasteiger partial charge >= 0.3 is 0 Å². The van der Waals surface area contributed by atoms with Crippen LogP contribution in [-0.4, -0.2) is 30.4 Å². The van der Waals surface area contributed by atoms with Gasteiger partial charge in [0, 0.05) is 35.4 Å². The molecule has 2 heterocycles. The third kappa shape index (κ3) is 4.26. The summed E-state index contributed by atoms with van der Waals surface area (Å²) in [5.41, 5.74) is 4.14. The van der Waals surface area contributed by atoms with Gasteiger partial charge in [0.05, 0.1) is 5.69 Å². The first-order valence-electron chi connectivity index (χ1n) is 9.68. The minimum atomic E-state index is 0.238. The van der Waals surface area contributed by atoms with E-state index in [2.05, 4.69) is 48.6 Å². The Morgan fingerprint density at radius 3 is 2.69 bits per heavy atom.